The number of nitrogens with zero attached hydrogens (tertiary/aromatic N) is 2. The van der Waals surface area contributed by atoms with Crippen molar-refractivity contribution in [2.45, 2.75) is 19.8 Å². The Labute approximate surface area is 102 Å². The van der Waals surface area contributed by atoms with Gasteiger partial charge in [0.1, 0.15) is 5.82 Å². The first-order valence-electron chi connectivity index (χ1n) is 6.29. The van der Waals surface area contributed by atoms with Crippen LogP contribution in [0.15, 0.2) is 12.3 Å². The number of anilines is 1. The maximum Gasteiger partial charge on any atom is 0.318 e. The van der Waals surface area contributed by atoms with Gasteiger partial charge in [0, 0.05) is 25.2 Å². The van der Waals surface area contributed by atoms with Crippen molar-refractivity contribution in [2.75, 3.05) is 31.6 Å². The number of nitrogens with one attached hydrogen (secondary N) is 2. The van der Waals surface area contributed by atoms with Gasteiger partial charge in [0.2, 0.25) is 0 Å². The zero-order chi connectivity index (χ0) is 11.9. The van der Waals surface area contributed by atoms with Crippen molar-refractivity contribution in [2.24, 2.45) is 5.92 Å². The van der Waals surface area contributed by atoms with Crippen LogP contribution in [0, 0.1) is 5.92 Å². The Hall–Kier alpha value is -1.36. The fourth-order valence-corrected chi connectivity index (χ4v) is 1.95. The minimum Gasteiger partial charge on any atom is -0.463 e. The van der Waals surface area contributed by atoms with E-state index in [4.69, 9.17) is 4.74 Å². The molecule has 2 heterocycles. The molecule has 1 aliphatic rings. The molecule has 1 aromatic rings. The van der Waals surface area contributed by atoms with Gasteiger partial charge in [-0.2, -0.15) is 4.98 Å². The summed E-state index contributed by atoms with van der Waals surface area (Å²) in [4.78, 5) is 8.39. The normalized spacial score (nSPS) is 19.9. The van der Waals surface area contributed by atoms with Gasteiger partial charge in [-0.3, -0.25) is 0 Å². The molecule has 0 amide bonds. The van der Waals surface area contributed by atoms with Crippen LogP contribution < -0.4 is 15.4 Å². The third-order valence-corrected chi connectivity index (χ3v) is 2.84. The summed E-state index contributed by atoms with van der Waals surface area (Å²) in [6.45, 7) is 5.75. The van der Waals surface area contributed by atoms with E-state index in [9.17, 15) is 0 Å². The lowest BCUT2D eigenvalue weighted by Crippen LogP contribution is -2.33. The Morgan fingerprint density at radius 1 is 1.59 bits per heavy atom. The minimum absolute atomic E-state index is 0.467. The van der Waals surface area contributed by atoms with Gasteiger partial charge < -0.3 is 15.4 Å². The van der Waals surface area contributed by atoms with Crippen LogP contribution in [0.2, 0.25) is 0 Å². The fraction of sp³-hybridized carbons (Fsp3) is 0.667. The molecule has 1 aromatic heterocycles. The van der Waals surface area contributed by atoms with E-state index in [0.717, 1.165) is 25.5 Å². The number of ether oxygens (including phenoxy) is 1. The lowest BCUT2D eigenvalue weighted by atomic mass is 10.0. The number of piperidine rings is 1. The molecule has 5 nitrogen and oxygen atoms in total. The van der Waals surface area contributed by atoms with Crippen molar-refractivity contribution in [1.82, 2.24) is 15.3 Å². The molecule has 0 aliphatic carbocycles. The van der Waals surface area contributed by atoms with Gasteiger partial charge >= 0.3 is 6.01 Å². The maximum absolute atomic E-state index is 5.63. The van der Waals surface area contributed by atoms with E-state index in [-0.39, 0.29) is 0 Å². The molecule has 0 radical (unpaired) electrons. The molecular formula is C12H20N4O. The molecule has 1 fully saturated rings. The van der Waals surface area contributed by atoms with Crippen molar-refractivity contribution in [1.29, 1.82) is 0 Å². The zero-order valence-corrected chi connectivity index (χ0v) is 10.3. The highest BCUT2D eigenvalue weighted by atomic mass is 16.5. The Morgan fingerprint density at radius 3 is 3.29 bits per heavy atom. The summed E-state index contributed by atoms with van der Waals surface area (Å²) in [5, 5.41) is 6.51. The molecule has 1 aliphatic heterocycles. The Balaban J connectivity index is 1.83. The molecular weight excluding hydrogens is 216 g/mol. The molecule has 0 saturated carbocycles. The average Bonchev–Trinajstić information content (AvgIpc) is 2.39. The molecule has 1 atom stereocenters. The minimum atomic E-state index is 0.467. The molecule has 5 heteroatoms. The SMILES string of the molecule is CCNc1ccnc(OC[C@H]2CCCNC2)n1. The first-order chi connectivity index (χ1) is 8.38. The number of hydrogen-bond donors (Lipinski definition) is 2. The maximum atomic E-state index is 5.63. The Bertz CT molecular complexity index is 339. The number of aromatic nitrogens is 2. The van der Waals surface area contributed by atoms with Crippen molar-refractivity contribution < 1.29 is 4.74 Å². The monoisotopic (exact) mass is 236 g/mol. The first kappa shape index (κ1) is 12.1. The Kier molecular flexibility index (Phi) is 4.55. The fourth-order valence-electron chi connectivity index (χ4n) is 1.95. The van der Waals surface area contributed by atoms with Gasteiger partial charge in [-0.1, -0.05) is 0 Å². The third-order valence-electron chi connectivity index (χ3n) is 2.84. The molecule has 0 unspecified atom stereocenters. The Morgan fingerprint density at radius 2 is 2.53 bits per heavy atom. The third kappa shape index (κ3) is 3.85. The summed E-state index contributed by atoms with van der Waals surface area (Å²) >= 11 is 0. The smallest absolute Gasteiger partial charge is 0.318 e. The van der Waals surface area contributed by atoms with E-state index < -0.39 is 0 Å². The summed E-state index contributed by atoms with van der Waals surface area (Å²) in [5.41, 5.74) is 0. The lowest BCUT2D eigenvalue weighted by molar-refractivity contribution is 0.205. The van der Waals surface area contributed by atoms with Gasteiger partial charge in [-0.05, 0) is 32.4 Å². The molecule has 17 heavy (non-hydrogen) atoms. The van der Waals surface area contributed by atoms with Crippen molar-refractivity contribution in [3.8, 4) is 6.01 Å². The van der Waals surface area contributed by atoms with Crippen molar-refractivity contribution >= 4 is 5.82 Å². The number of hydrogen-bond acceptors (Lipinski definition) is 5. The molecule has 0 aromatic carbocycles. The summed E-state index contributed by atoms with van der Waals surface area (Å²) in [6.07, 6.45) is 4.17. The van der Waals surface area contributed by atoms with Crippen LogP contribution in [-0.2, 0) is 0 Å². The van der Waals surface area contributed by atoms with E-state index in [0.29, 0.717) is 18.5 Å². The summed E-state index contributed by atoms with van der Waals surface area (Å²) in [5.74, 6) is 1.40. The van der Waals surface area contributed by atoms with Crippen LogP contribution in [-0.4, -0.2) is 36.2 Å². The van der Waals surface area contributed by atoms with Crippen LogP contribution in [0.3, 0.4) is 0 Å². The summed E-state index contributed by atoms with van der Waals surface area (Å²) < 4.78 is 5.63. The first-order valence-corrected chi connectivity index (χ1v) is 6.29. The van der Waals surface area contributed by atoms with Gasteiger partial charge in [0.05, 0.1) is 6.61 Å². The van der Waals surface area contributed by atoms with Crippen molar-refractivity contribution in [3.05, 3.63) is 12.3 Å². The molecule has 2 rings (SSSR count). The highest BCUT2D eigenvalue weighted by molar-refractivity contribution is 5.33. The summed E-state index contributed by atoms with van der Waals surface area (Å²) in [6, 6.07) is 2.31. The van der Waals surface area contributed by atoms with E-state index in [2.05, 4.69) is 20.6 Å². The van der Waals surface area contributed by atoms with Gasteiger partial charge in [-0.25, -0.2) is 4.98 Å². The molecule has 94 valence electrons. The molecule has 0 bridgehead atoms. The average molecular weight is 236 g/mol. The predicted molar refractivity (Wildman–Crippen MR) is 67.3 cm³/mol. The summed E-state index contributed by atoms with van der Waals surface area (Å²) in [7, 11) is 0. The molecule has 1 saturated heterocycles. The molecule has 0 spiro atoms. The van der Waals surface area contributed by atoms with Gasteiger partial charge in [0.15, 0.2) is 0 Å². The highest BCUT2D eigenvalue weighted by Crippen LogP contribution is 2.13. The van der Waals surface area contributed by atoms with Crippen LogP contribution in [0.4, 0.5) is 5.82 Å². The van der Waals surface area contributed by atoms with E-state index in [1.165, 1.54) is 12.8 Å². The van der Waals surface area contributed by atoms with Crippen LogP contribution in [0.25, 0.3) is 0 Å². The second kappa shape index (κ2) is 6.39. The topological polar surface area (TPSA) is 59.1 Å². The van der Waals surface area contributed by atoms with E-state index >= 15 is 0 Å². The second-order valence-corrected chi connectivity index (χ2v) is 4.28. The van der Waals surface area contributed by atoms with Crippen molar-refractivity contribution in [3.63, 3.8) is 0 Å². The second-order valence-electron chi connectivity index (χ2n) is 4.28. The molecule has 2 N–H and O–H groups in total. The largest absolute Gasteiger partial charge is 0.463 e. The standard InChI is InChI=1S/C12H20N4O/c1-2-14-11-5-7-15-12(16-11)17-9-10-4-3-6-13-8-10/h5,7,10,13H,2-4,6,8-9H2,1H3,(H,14,15,16)/t10-/m0/s1. The lowest BCUT2D eigenvalue weighted by Gasteiger charge is -2.22. The van der Waals surface area contributed by atoms with E-state index in [1.54, 1.807) is 6.20 Å². The van der Waals surface area contributed by atoms with Gasteiger partial charge in [0.25, 0.3) is 0 Å². The quantitative estimate of drug-likeness (QED) is 0.806. The highest BCUT2D eigenvalue weighted by Gasteiger charge is 2.14. The van der Waals surface area contributed by atoms with Crippen LogP contribution in [0.5, 0.6) is 6.01 Å². The predicted octanol–water partition coefficient (Wildman–Crippen LogP) is 1.29. The van der Waals surface area contributed by atoms with E-state index in [1.807, 2.05) is 13.0 Å². The van der Waals surface area contributed by atoms with Crippen LogP contribution >= 0.6 is 0 Å². The number of rotatable bonds is 5. The zero-order valence-electron chi connectivity index (χ0n) is 10.3. The van der Waals surface area contributed by atoms with Gasteiger partial charge in [-0.15, -0.1) is 0 Å². The van der Waals surface area contributed by atoms with Crippen LogP contribution in [0.1, 0.15) is 19.8 Å².